The largest absolute Gasteiger partial charge is 0.497 e. The van der Waals surface area contributed by atoms with Crippen LogP contribution < -0.4 is 14.8 Å². The van der Waals surface area contributed by atoms with Crippen molar-refractivity contribution in [2.75, 3.05) is 13.7 Å². The maximum Gasteiger partial charge on any atom is 0.326 e. The molecule has 0 aliphatic heterocycles. The third-order valence-corrected chi connectivity index (χ3v) is 5.90. The first kappa shape index (κ1) is 24.9. The minimum absolute atomic E-state index is 0.0412. The fourth-order valence-electron chi connectivity index (χ4n) is 3.90. The number of carboxylic acids is 1. The summed E-state index contributed by atoms with van der Waals surface area (Å²) in [6, 6.07) is 21.1. The predicted octanol–water partition coefficient (Wildman–Crippen LogP) is 5.71. The van der Waals surface area contributed by atoms with Crippen LogP contribution in [0.2, 0.25) is 0 Å². The van der Waals surface area contributed by atoms with Crippen LogP contribution in [-0.4, -0.2) is 36.7 Å². The van der Waals surface area contributed by atoms with Gasteiger partial charge in [-0.2, -0.15) is 0 Å². The Kier molecular flexibility index (Phi) is 7.90. The van der Waals surface area contributed by atoms with E-state index in [9.17, 15) is 14.7 Å². The van der Waals surface area contributed by atoms with Gasteiger partial charge in [0.25, 0.3) is 5.91 Å². The average molecular weight is 488 g/mol. The van der Waals surface area contributed by atoms with Crippen LogP contribution in [0, 0.1) is 0 Å². The van der Waals surface area contributed by atoms with Gasteiger partial charge in [-0.25, -0.2) is 4.79 Å². The van der Waals surface area contributed by atoms with E-state index in [1.807, 2.05) is 48.5 Å². The Morgan fingerprint density at radius 2 is 1.81 bits per heavy atom. The summed E-state index contributed by atoms with van der Waals surface area (Å²) in [5.74, 6) is -0.221. The maximum atomic E-state index is 12.7. The number of ether oxygens (including phenoxy) is 2. The fraction of sp³-hybridized carbons (Fsp3) is 0.241. The second-order valence-electron chi connectivity index (χ2n) is 8.48. The van der Waals surface area contributed by atoms with Crippen molar-refractivity contribution in [3.8, 4) is 22.6 Å². The van der Waals surface area contributed by atoms with Gasteiger partial charge in [0.15, 0.2) is 5.76 Å². The highest BCUT2D eigenvalue weighted by Crippen LogP contribution is 2.30. The third-order valence-electron chi connectivity index (χ3n) is 5.90. The molecular formula is C29H29NO6. The number of carbonyl (C=O) groups is 2. The number of fused-ring (bicyclic) bond motifs is 1. The summed E-state index contributed by atoms with van der Waals surface area (Å²) in [5.41, 5.74) is 3.25. The normalized spacial score (nSPS) is 11.7. The van der Waals surface area contributed by atoms with Gasteiger partial charge in [0.1, 0.15) is 23.1 Å². The van der Waals surface area contributed by atoms with Gasteiger partial charge in [0, 0.05) is 17.4 Å². The van der Waals surface area contributed by atoms with Crippen molar-refractivity contribution in [3.05, 3.63) is 84.1 Å². The van der Waals surface area contributed by atoms with Crippen molar-refractivity contribution in [2.24, 2.45) is 0 Å². The predicted molar refractivity (Wildman–Crippen MR) is 138 cm³/mol. The zero-order chi connectivity index (χ0) is 25.5. The third kappa shape index (κ3) is 5.86. The molecule has 0 aliphatic rings. The van der Waals surface area contributed by atoms with Crippen LogP contribution >= 0.6 is 0 Å². The fourth-order valence-corrected chi connectivity index (χ4v) is 3.90. The molecule has 1 aromatic heterocycles. The van der Waals surface area contributed by atoms with Crippen molar-refractivity contribution in [3.63, 3.8) is 0 Å². The number of rotatable bonds is 11. The first-order valence-corrected chi connectivity index (χ1v) is 11.9. The summed E-state index contributed by atoms with van der Waals surface area (Å²) in [6.45, 7) is 2.78. The molecular weight excluding hydrogens is 458 g/mol. The van der Waals surface area contributed by atoms with Gasteiger partial charge >= 0.3 is 5.97 Å². The Hall–Kier alpha value is -4.26. The van der Waals surface area contributed by atoms with Gasteiger partial charge in [-0.15, -0.1) is 0 Å². The molecule has 0 saturated carbocycles. The van der Waals surface area contributed by atoms with Gasteiger partial charge < -0.3 is 24.3 Å². The number of furan rings is 1. The molecule has 4 rings (SSSR count). The first-order chi connectivity index (χ1) is 17.5. The molecule has 0 fully saturated rings. The lowest BCUT2D eigenvalue weighted by Crippen LogP contribution is -2.42. The van der Waals surface area contributed by atoms with E-state index in [1.54, 1.807) is 31.4 Å². The van der Waals surface area contributed by atoms with Crippen LogP contribution in [0.4, 0.5) is 0 Å². The highest BCUT2D eigenvalue weighted by molar-refractivity contribution is 5.98. The molecule has 3 aromatic carbocycles. The number of nitrogens with one attached hydrogen (secondary N) is 1. The SMILES string of the molecule is CCCCOc1ccccc1-c1ccc(C[C@H](NC(=O)c2cc3cc(OC)ccc3o2)C(=O)O)cc1. The van der Waals surface area contributed by atoms with E-state index in [2.05, 4.69) is 12.2 Å². The molecule has 1 heterocycles. The van der Waals surface area contributed by atoms with E-state index in [1.165, 1.54) is 0 Å². The average Bonchev–Trinajstić information content (AvgIpc) is 3.33. The Morgan fingerprint density at radius 1 is 1.03 bits per heavy atom. The van der Waals surface area contributed by atoms with Crippen LogP contribution in [0.25, 0.3) is 22.1 Å². The van der Waals surface area contributed by atoms with E-state index in [0.29, 0.717) is 23.3 Å². The second-order valence-corrected chi connectivity index (χ2v) is 8.48. The van der Waals surface area contributed by atoms with Crippen LogP contribution in [-0.2, 0) is 11.2 Å². The standard InChI is InChI=1S/C29H29NO6/c1-3-4-15-35-26-8-6-5-7-23(26)20-11-9-19(10-12-20)16-24(29(32)33)30-28(31)27-18-21-17-22(34-2)13-14-25(21)36-27/h5-14,17-18,24H,3-4,15-16H2,1-2H3,(H,30,31)(H,32,33)/t24-/m0/s1. The van der Waals surface area contributed by atoms with Gasteiger partial charge in [0.05, 0.1) is 13.7 Å². The number of amides is 1. The number of hydrogen-bond acceptors (Lipinski definition) is 5. The van der Waals surface area contributed by atoms with Crippen molar-refractivity contribution < 1.29 is 28.6 Å². The van der Waals surface area contributed by atoms with Gasteiger partial charge in [-0.05, 0) is 47.9 Å². The lowest BCUT2D eigenvalue weighted by atomic mass is 10.00. The van der Waals surface area contributed by atoms with Gasteiger partial charge in [0.2, 0.25) is 0 Å². The zero-order valence-electron chi connectivity index (χ0n) is 20.3. The van der Waals surface area contributed by atoms with Gasteiger partial charge in [-0.3, -0.25) is 4.79 Å². The number of hydrogen-bond donors (Lipinski definition) is 2. The molecule has 7 nitrogen and oxygen atoms in total. The molecule has 0 aliphatic carbocycles. The molecule has 2 N–H and O–H groups in total. The van der Waals surface area contributed by atoms with Crippen LogP contribution in [0.5, 0.6) is 11.5 Å². The Bertz CT molecular complexity index is 1340. The van der Waals surface area contributed by atoms with E-state index >= 15 is 0 Å². The summed E-state index contributed by atoms with van der Waals surface area (Å²) < 4.78 is 16.7. The zero-order valence-corrected chi connectivity index (χ0v) is 20.3. The number of benzene rings is 3. The first-order valence-electron chi connectivity index (χ1n) is 11.9. The van der Waals surface area contributed by atoms with Crippen LogP contribution in [0.1, 0.15) is 35.9 Å². The van der Waals surface area contributed by atoms with Crippen LogP contribution in [0.3, 0.4) is 0 Å². The van der Waals surface area contributed by atoms with E-state index in [4.69, 9.17) is 13.9 Å². The summed E-state index contributed by atoms with van der Waals surface area (Å²) in [4.78, 5) is 24.7. The molecule has 0 unspecified atom stereocenters. The number of aliphatic carboxylic acids is 1. The molecule has 0 radical (unpaired) electrons. The number of carboxylic acid groups (broad SMARTS) is 1. The van der Waals surface area contributed by atoms with Crippen molar-refractivity contribution in [2.45, 2.75) is 32.2 Å². The lowest BCUT2D eigenvalue weighted by molar-refractivity contribution is -0.139. The maximum absolute atomic E-state index is 12.7. The quantitative estimate of drug-likeness (QED) is 0.263. The van der Waals surface area contributed by atoms with E-state index in [-0.39, 0.29) is 12.2 Å². The molecule has 7 heteroatoms. The number of unbranched alkanes of at least 4 members (excludes halogenated alkanes) is 1. The van der Waals surface area contributed by atoms with Crippen LogP contribution in [0.15, 0.2) is 77.2 Å². The molecule has 1 amide bonds. The summed E-state index contributed by atoms with van der Waals surface area (Å²) >= 11 is 0. The molecule has 186 valence electrons. The van der Waals surface area contributed by atoms with Gasteiger partial charge in [-0.1, -0.05) is 55.8 Å². The summed E-state index contributed by atoms with van der Waals surface area (Å²) in [6.07, 6.45) is 2.17. The summed E-state index contributed by atoms with van der Waals surface area (Å²) in [7, 11) is 1.55. The number of methoxy groups -OCH3 is 1. The Balaban J connectivity index is 1.46. The highest BCUT2D eigenvalue weighted by Gasteiger charge is 2.23. The molecule has 1 atom stereocenters. The second kappa shape index (κ2) is 11.4. The van der Waals surface area contributed by atoms with E-state index in [0.717, 1.165) is 35.3 Å². The number of para-hydroxylation sites is 1. The molecule has 0 spiro atoms. The number of carbonyl (C=O) groups excluding carboxylic acids is 1. The van der Waals surface area contributed by atoms with Crippen molar-refractivity contribution >= 4 is 22.8 Å². The highest BCUT2D eigenvalue weighted by atomic mass is 16.5. The monoisotopic (exact) mass is 487 g/mol. The molecule has 0 bridgehead atoms. The molecule has 0 saturated heterocycles. The smallest absolute Gasteiger partial charge is 0.326 e. The Labute approximate surface area is 209 Å². The minimum Gasteiger partial charge on any atom is -0.497 e. The topological polar surface area (TPSA) is 98.0 Å². The Morgan fingerprint density at radius 3 is 2.53 bits per heavy atom. The van der Waals surface area contributed by atoms with Crippen molar-refractivity contribution in [1.82, 2.24) is 5.32 Å². The minimum atomic E-state index is -1.13. The summed E-state index contributed by atoms with van der Waals surface area (Å²) in [5, 5.41) is 13.0. The lowest BCUT2D eigenvalue weighted by Gasteiger charge is -2.15. The molecule has 4 aromatic rings. The molecule has 36 heavy (non-hydrogen) atoms. The van der Waals surface area contributed by atoms with E-state index < -0.39 is 17.9 Å². The van der Waals surface area contributed by atoms with Crippen molar-refractivity contribution in [1.29, 1.82) is 0 Å².